The van der Waals surface area contributed by atoms with E-state index in [-0.39, 0.29) is 0 Å². The van der Waals surface area contributed by atoms with Crippen molar-refractivity contribution in [2.45, 2.75) is 38.6 Å². The van der Waals surface area contributed by atoms with Gasteiger partial charge >= 0.3 is 0 Å². The molecule has 0 aliphatic rings. The van der Waals surface area contributed by atoms with E-state index in [1.54, 1.807) is 11.3 Å². The van der Waals surface area contributed by atoms with Gasteiger partial charge in [0.2, 0.25) is 0 Å². The number of hydrogen-bond donors (Lipinski definition) is 1. The highest BCUT2D eigenvalue weighted by molar-refractivity contribution is 7.07. The maximum absolute atomic E-state index is 3.71. The highest BCUT2D eigenvalue weighted by Crippen LogP contribution is 2.19. The molecule has 2 aromatic rings. The topological polar surface area (TPSA) is 12.0 Å². The Morgan fingerprint density at radius 3 is 2.68 bits per heavy atom. The van der Waals surface area contributed by atoms with Crippen LogP contribution in [0.4, 0.5) is 0 Å². The van der Waals surface area contributed by atoms with Crippen LogP contribution in [0.15, 0.2) is 47.2 Å². The third-order valence-electron chi connectivity index (χ3n) is 3.43. The first kappa shape index (κ1) is 14.3. The molecule has 1 aromatic carbocycles. The van der Waals surface area contributed by atoms with Crippen molar-refractivity contribution in [1.29, 1.82) is 0 Å². The van der Waals surface area contributed by atoms with Gasteiger partial charge in [0.25, 0.3) is 0 Å². The normalized spacial score (nSPS) is 12.5. The summed E-state index contributed by atoms with van der Waals surface area (Å²) in [4.78, 5) is 0. The van der Waals surface area contributed by atoms with Gasteiger partial charge in [-0.1, -0.05) is 50.1 Å². The zero-order valence-electron chi connectivity index (χ0n) is 11.6. The van der Waals surface area contributed by atoms with Crippen LogP contribution in [0.25, 0.3) is 0 Å². The van der Waals surface area contributed by atoms with Crippen LogP contribution in [0.1, 0.15) is 43.4 Å². The molecule has 1 aromatic heterocycles. The quantitative estimate of drug-likeness (QED) is 0.727. The van der Waals surface area contributed by atoms with Crippen LogP contribution in [0.5, 0.6) is 0 Å². The molecule has 0 amide bonds. The van der Waals surface area contributed by atoms with Crippen LogP contribution in [-0.4, -0.2) is 6.54 Å². The van der Waals surface area contributed by atoms with Crippen molar-refractivity contribution in [3.63, 3.8) is 0 Å². The Kier molecular flexibility index (Phi) is 6.12. The van der Waals surface area contributed by atoms with Gasteiger partial charge < -0.3 is 5.32 Å². The first-order chi connectivity index (χ1) is 9.40. The summed E-state index contributed by atoms with van der Waals surface area (Å²) >= 11 is 1.78. The molecular weight excluding hydrogens is 250 g/mol. The predicted molar refractivity (Wildman–Crippen MR) is 84.7 cm³/mol. The monoisotopic (exact) mass is 273 g/mol. The second-order valence-electron chi connectivity index (χ2n) is 4.94. The van der Waals surface area contributed by atoms with Crippen LogP contribution in [0.2, 0.25) is 0 Å². The van der Waals surface area contributed by atoms with E-state index in [0.29, 0.717) is 6.04 Å². The maximum atomic E-state index is 3.71. The van der Waals surface area contributed by atoms with E-state index < -0.39 is 0 Å². The summed E-state index contributed by atoms with van der Waals surface area (Å²) in [6.07, 6.45) is 4.89. The number of nitrogens with one attached hydrogen (secondary N) is 1. The molecule has 0 aliphatic heterocycles. The lowest BCUT2D eigenvalue weighted by molar-refractivity contribution is 0.484. The summed E-state index contributed by atoms with van der Waals surface area (Å²) in [5.74, 6) is 0. The van der Waals surface area contributed by atoms with Crippen molar-refractivity contribution in [3.8, 4) is 0 Å². The predicted octanol–water partition coefficient (Wildman–Crippen LogP) is 4.81. The number of rotatable bonds is 8. The molecule has 0 saturated heterocycles. The standard InChI is InChI=1S/C17H23NS/c1-2-3-9-17(16-7-5-4-6-8-16)18-12-10-15-11-13-19-14-15/h4-8,11,13-14,17-18H,2-3,9-10,12H2,1H3. The number of unbranched alkanes of at least 4 members (excludes halogenated alkanes) is 1. The van der Waals surface area contributed by atoms with Gasteiger partial charge in [0, 0.05) is 6.04 Å². The van der Waals surface area contributed by atoms with Crippen molar-refractivity contribution in [3.05, 3.63) is 58.3 Å². The SMILES string of the molecule is CCCCC(NCCc1ccsc1)c1ccccc1. The van der Waals surface area contributed by atoms with Crippen LogP contribution in [-0.2, 0) is 6.42 Å². The second-order valence-corrected chi connectivity index (χ2v) is 5.72. The fraction of sp³-hybridized carbons (Fsp3) is 0.412. The van der Waals surface area contributed by atoms with Crippen LogP contribution >= 0.6 is 11.3 Å². The lowest BCUT2D eigenvalue weighted by Gasteiger charge is -2.19. The Morgan fingerprint density at radius 1 is 1.16 bits per heavy atom. The Morgan fingerprint density at radius 2 is 2.00 bits per heavy atom. The van der Waals surface area contributed by atoms with E-state index >= 15 is 0 Å². The molecule has 19 heavy (non-hydrogen) atoms. The van der Waals surface area contributed by atoms with Gasteiger partial charge in [0.1, 0.15) is 0 Å². The maximum Gasteiger partial charge on any atom is 0.0320 e. The Bertz CT molecular complexity index is 436. The molecule has 0 saturated carbocycles. The van der Waals surface area contributed by atoms with Gasteiger partial charge in [0.15, 0.2) is 0 Å². The smallest absolute Gasteiger partial charge is 0.0320 e. The van der Waals surface area contributed by atoms with Gasteiger partial charge in [-0.15, -0.1) is 0 Å². The summed E-state index contributed by atoms with van der Waals surface area (Å²) in [5.41, 5.74) is 2.86. The average molecular weight is 273 g/mol. The van der Waals surface area contributed by atoms with Crippen LogP contribution in [0.3, 0.4) is 0 Å². The van der Waals surface area contributed by atoms with Gasteiger partial charge in [-0.25, -0.2) is 0 Å². The first-order valence-corrected chi connectivity index (χ1v) is 8.14. The third-order valence-corrected chi connectivity index (χ3v) is 4.16. The molecular formula is C17H23NS. The molecule has 2 heteroatoms. The molecule has 0 fully saturated rings. The van der Waals surface area contributed by atoms with Crippen molar-refractivity contribution >= 4 is 11.3 Å². The van der Waals surface area contributed by atoms with E-state index in [1.165, 1.54) is 30.4 Å². The van der Waals surface area contributed by atoms with Crippen molar-refractivity contribution in [2.24, 2.45) is 0 Å². The molecule has 1 unspecified atom stereocenters. The van der Waals surface area contributed by atoms with E-state index in [9.17, 15) is 0 Å². The van der Waals surface area contributed by atoms with Gasteiger partial charge in [0.05, 0.1) is 0 Å². The van der Waals surface area contributed by atoms with Gasteiger partial charge in [-0.3, -0.25) is 0 Å². The molecule has 1 N–H and O–H groups in total. The second kappa shape index (κ2) is 8.13. The van der Waals surface area contributed by atoms with Crippen LogP contribution in [0, 0.1) is 0 Å². The minimum atomic E-state index is 0.500. The summed E-state index contributed by atoms with van der Waals surface area (Å²) in [5, 5.41) is 8.11. The molecule has 1 atom stereocenters. The highest BCUT2D eigenvalue weighted by atomic mass is 32.1. The van der Waals surface area contributed by atoms with E-state index in [1.807, 2.05) is 0 Å². The lowest BCUT2D eigenvalue weighted by atomic mass is 10.0. The Hall–Kier alpha value is -1.12. The highest BCUT2D eigenvalue weighted by Gasteiger charge is 2.09. The lowest BCUT2D eigenvalue weighted by Crippen LogP contribution is -2.23. The van der Waals surface area contributed by atoms with Crippen molar-refractivity contribution in [1.82, 2.24) is 5.32 Å². The number of thiophene rings is 1. The molecule has 0 radical (unpaired) electrons. The van der Waals surface area contributed by atoms with E-state index in [4.69, 9.17) is 0 Å². The molecule has 0 spiro atoms. The minimum absolute atomic E-state index is 0.500. The number of benzene rings is 1. The summed E-state index contributed by atoms with van der Waals surface area (Å²) in [7, 11) is 0. The van der Waals surface area contributed by atoms with Crippen molar-refractivity contribution in [2.75, 3.05) is 6.54 Å². The van der Waals surface area contributed by atoms with Crippen molar-refractivity contribution < 1.29 is 0 Å². The molecule has 0 aliphatic carbocycles. The number of hydrogen-bond acceptors (Lipinski definition) is 2. The minimum Gasteiger partial charge on any atom is -0.310 e. The fourth-order valence-electron chi connectivity index (χ4n) is 2.31. The fourth-order valence-corrected chi connectivity index (χ4v) is 3.01. The molecule has 0 bridgehead atoms. The average Bonchev–Trinajstić information content (AvgIpc) is 2.97. The van der Waals surface area contributed by atoms with E-state index in [0.717, 1.165) is 13.0 Å². The zero-order chi connectivity index (χ0) is 13.3. The van der Waals surface area contributed by atoms with Crippen LogP contribution < -0.4 is 5.32 Å². The third kappa shape index (κ3) is 4.81. The largest absolute Gasteiger partial charge is 0.310 e. The van der Waals surface area contributed by atoms with Gasteiger partial charge in [-0.05, 0) is 47.3 Å². The molecule has 1 heterocycles. The molecule has 2 rings (SSSR count). The summed E-state index contributed by atoms with van der Waals surface area (Å²) in [6, 6.07) is 13.5. The zero-order valence-corrected chi connectivity index (χ0v) is 12.5. The van der Waals surface area contributed by atoms with Gasteiger partial charge in [-0.2, -0.15) is 11.3 Å². The summed E-state index contributed by atoms with van der Waals surface area (Å²) < 4.78 is 0. The van der Waals surface area contributed by atoms with E-state index in [2.05, 4.69) is 59.4 Å². The summed E-state index contributed by atoms with van der Waals surface area (Å²) in [6.45, 7) is 3.31. The Balaban J connectivity index is 1.87. The first-order valence-electron chi connectivity index (χ1n) is 7.19. The molecule has 1 nitrogen and oxygen atoms in total. The molecule has 102 valence electrons. The Labute approximate surface area is 120 Å².